The van der Waals surface area contributed by atoms with E-state index in [1.165, 1.54) is 37.7 Å². The minimum Gasteiger partial charge on any atom is -0.460 e. The molecule has 5 fully saturated rings. The quantitative estimate of drug-likeness (QED) is 0.138. The van der Waals surface area contributed by atoms with E-state index >= 15 is 0 Å². The van der Waals surface area contributed by atoms with E-state index in [0.29, 0.717) is 36.2 Å². The second-order valence-corrected chi connectivity index (χ2v) is 20.8. The van der Waals surface area contributed by atoms with Crippen molar-refractivity contribution in [2.75, 3.05) is 44.6 Å². The van der Waals surface area contributed by atoms with E-state index in [4.69, 9.17) is 9.47 Å². The Labute approximate surface area is 338 Å². The number of aromatic nitrogens is 2. The first kappa shape index (κ1) is 40.8. The van der Waals surface area contributed by atoms with E-state index in [9.17, 15) is 9.59 Å². The van der Waals surface area contributed by atoms with Gasteiger partial charge in [-0.05, 0) is 117 Å². The summed E-state index contributed by atoms with van der Waals surface area (Å²) in [6.45, 7) is 20.6. The molecule has 5 aliphatic rings. The highest BCUT2D eigenvalue weighted by Gasteiger charge is 2.71. The molecule has 4 unspecified atom stereocenters. The number of fused-ring (bicyclic) bond motifs is 7. The molecule has 8 heteroatoms. The van der Waals surface area contributed by atoms with Crippen molar-refractivity contribution >= 4 is 23.3 Å². The average Bonchev–Trinajstić information content (AvgIpc) is 3.53. The molecule has 0 aromatic carbocycles. The first-order valence-electron chi connectivity index (χ1n) is 21.7. The van der Waals surface area contributed by atoms with Crippen molar-refractivity contribution in [1.82, 2.24) is 0 Å². The Morgan fingerprint density at radius 2 is 1.30 bits per heavy atom. The van der Waals surface area contributed by atoms with E-state index in [2.05, 4.69) is 57.9 Å². The van der Waals surface area contributed by atoms with E-state index in [1.807, 2.05) is 86.4 Å². The monoisotopic (exact) mass is 769 g/mol. The molecule has 0 N–H and O–H groups in total. The Morgan fingerprint density at radius 1 is 0.714 bits per heavy atom. The van der Waals surface area contributed by atoms with Crippen molar-refractivity contribution in [3.63, 3.8) is 0 Å². The zero-order chi connectivity index (χ0) is 40.4. The van der Waals surface area contributed by atoms with Crippen LogP contribution >= 0.6 is 0 Å². The fourth-order valence-corrected chi connectivity index (χ4v) is 14.2. The minimum absolute atomic E-state index is 0.0177. The second kappa shape index (κ2) is 14.8. The van der Waals surface area contributed by atoms with Gasteiger partial charge in [-0.2, -0.15) is 9.13 Å². The number of anilines is 2. The number of carbonyl (C=O) groups excluding carboxylic acids is 2. The zero-order valence-corrected chi connectivity index (χ0v) is 36.4. The summed E-state index contributed by atoms with van der Waals surface area (Å²) in [5.74, 6) is 2.40. The first-order chi connectivity index (χ1) is 26.3. The Balaban J connectivity index is 1.06. The number of allylic oxidation sites excluding steroid dienone is 1. The number of carbonyl (C=O) groups is 2. The van der Waals surface area contributed by atoms with E-state index in [1.54, 1.807) is 0 Å². The molecule has 0 amide bonds. The molecule has 7 rings (SSSR count). The Morgan fingerprint density at radius 3 is 1.88 bits per heavy atom. The van der Waals surface area contributed by atoms with Gasteiger partial charge in [0.2, 0.25) is 13.1 Å². The highest BCUT2D eigenvalue weighted by molar-refractivity contribution is 5.68. The number of ether oxygens (including phenoxy) is 2. The molecule has 5 saturated carbocycles. The van der Waals surface area contributed by atoms with Crippen LogP contribution in [0.5, 0.6) is 0 Å². The summed E-state index contributed by atoms with van der Waals surface area (Å²) in [6.07, 6.45) is 19.3. The maximum atomic E-state index is 13.4. The molecule has 0 spiro atoms. The van der Waals surface area contributed by atoms with Crippen molar-refractivity contribution in [3.8, 4) is 0 Å². The lowest BCUT2D eigenvalue weighted by Gasteiger charge is -2.73. The van der Waals surface area contributed by atoms with E-state index in [0.717, 1.165) is 43.5 Å². The van der Waals surface area contributed by atoms with Crippen molar-refractivity contribution in [2.45, 2.75) is 125 Å². The fraction of sp³-hybridized carbons (Fsp3) is 0.708. The summed E-state index contributed by atoms with van der Waals surface area (Å²) in [5, 5.41) is 0. The summed E-state index contributed by atoms with van der Waals surface area (Å²) >= 11 is 0. The van der Waals surface area contributed by atoms with Gasteiger partial charge < -0.3 is 19.3 Å². The minimum atomic E-state index is -0.143. The van der Waals surface area contributed by atoms with Crippen LogP contribution in [0.3, 0.4) is 0 Å². The predicted molar refractivity (Wildman–Crippen MR) is 222 cm³/mol. The van der Waals surface area contributed by atoms with Gasteiger partial charge >= 0.3 is 11.9 Å². The van der Waals surface area contributed by atoms with Crippen molar-refractivity contribution in [2.24, 2.45) is 56.7 Å². The lowest BCUT2D eigenvalue weighted by molar-refractivity contribution is -0.686. The molecular formula is C48H72N4O4+2. The van der Waals surface area contributed by atoms with Gasteiger partial charge in [-0.25, -0.2) is 9.59 Å². The Bertz CT molecular complexity index is 1790. The fourth-order valence-electron chi connectivity index (χ4n) is 14.2. The number of rotatable bonds is 10. The van der Waals surface area contributed by atoms with Crippen LogP contribution in [0.1, 0.15) is 106 Å². The van der Waals surface area contributed by atoms with E-state index in [-0.39, 0.29) is 58.2 Å². The van der Waals surface area contributed by atoms with Crippen molar-refractivity contribution in [1.29, 1.82) is 0 Å². The number of pyridine rings is 2. The second-order valence-electron chi connectivity index (χ2n) is 20.8. The number of esters is 2. The van der Waals surface area contributed by atoms with E-state index < -0.39 is 0 Å². The molecule has 0 bridgehead atoms. The SMILES string of the molecule is C=C(C)[C@@H]1CC[C@]2(COC(=O)C[n+]3ccc(N(C)C)cc3)CC[C@]3(C)C(CCC4[C@@]5(C)CC[C@H](OC(=O)C[n+]6ccc(N(C)C)cc6)C(C)(C)C5CC[C@]43C)C12. The molecule has 8 nitrogen and oxygen atoms in total. The smallest absolute Gasteiger partial charge is 0.372 e. The summed E-state index contributed by atoms with van der Waals surface area (Å²) < 4.78 is 16.6. The topological polar surface area (TPSA) is 66.8 Å². The normalized spacial score (nSPS) is 36.9. The Kier molecular flexibility index (Phi) is 10.7. The largest absolute Gasteiger partial charge is 0.460 e. The summed E-state index contributed by atoms with van der Waals surface area (Å²) in [7, 11) is 8.10. The average molecular weight is 769 g/mol. The van der Waals surface area contributed by atoms with Gasteiger partial charge in [0.05, 0.1) is 6.61 Å². The molecule has 0 aliphatic heterocycles. The van der Waals surface area contributed by atoms with Gasteiger partial charge in [0.25, 0.3) is 0 Å². The van der Waals surface area contributed by atoms with Gasteiger partial charge in [-0.3, -0.25) is 0 Å². The third kappa shape index (κ3) is 6.76. The summed E-state index contributed by atoms with van der Waals surface area (Å²) in [6, 6.07) is 8.16. The van der Waals surface area contributed by atoms with Crippen LogP contribution in [0.2, 0.25) is 0 Å². The van der Waals surface area contributed by atoms with Crippen LogP contribution < -0.4 is 18.9 Å². The van der Waals surface area contributed by atoms with Gasteiger partial charge in [-0.1, -0.05) is 46.8 Å². The molecule has 2 aromatic heterocycles. The molecule has 0 radical (unpaired) electrons. The highest BCUT2D eigenvalue weighted by atomic mass is 16.5. The molecular weight excluding hydrogens is 697 g/mol. The third-order valence-corrected chi connectivity index (χ3v) is 17.4. The van der Waals surface area contributed by atoms with Crippen LogP contribution in [-0.4, -0.2) is 52.8 Å². The Hall–Kier alpha value is -3.42. The van der Waals surface area contributed by atoms with Crippen LogP contribution in [0.25, 0.3) is 0 Å². The molecule has 56 heavy (non-hydrogen) atoms. The lowest BCUT2D eigenvalue weighted by atomic mass is 9.32. The zero-order valence-electron chi connectivity index (χ0n) is 36.4. The van der Waals surface area contributed by atoms with Crippen LogP contribution in [0, 0.1) is 56.7 Å². The van der Waals surface area contributed by atoms with Crippen molar-refractivity contribution in [3.05, 3.63) is 61.2 Å². The van der Waals surface area contributed by atoms with Gasteiger partial charge in [0.1, 0.15) is 6.10 Å². The van der Waals surface area contributed by atoms with Crippen LogP contribution in [0.15, 0.2) is 61.2 Å². The molecule has 2 heterocycles. The standard InChI is InChI=1S/C48H72N4O4/c1-33(2)36-14-23-48(32-55-41(53)30-51-26-17-34(18-27-51)49(8)9)25-24-46(6)37(43(36)48)12-13-39-45(5)21-16-40(44(3,4)38(45)15-22-47(39,46)7)56-42(54)31-52-28-19-35(20-29-52)50(10)11/h17-20,26-29,36-40,43H,1,12-16,21-25,30-32H2,2-11H3/q+2/t36-,37?,38?,39?,40-,43?,45-,46+,47+,48+/m0/s1. The molecule has 10 atom stereocenters. The predicted octanol–water partition coefficient (Wildman–Crippen LogP) is 8.21. The summed E-state index contributed by atoms with van der Waals surface area (Å²) in [4.78, 5) is 30.9. The molecule has 5 aliphatic carbocycles. The summed E-state index contributed by atoms with van der Waals surface area (Å²) in [5.41, 5.74) is 4.07. The number of hydrogen-bond acceptors (Lipinski definition) is 6. The van der Waals surface area contributed by atoms with Gasteiger partial charge in [0.15, 0.2) is 24.8 Å². The van der Waals surface area contributed by atoms with Gasteiger partial charge in [0, 0.05) is 74.7 Å². The number of nitrogens with zero attached hydrogens (tertiary/aromatic N) is 4. The maximum Gasteiger partial charge on any atom is 0.372 e. The van der Waals surface area contributed by atoms with Gasteiger partial charge in [-0.15, -0.1) is 0 Å². The van der Waals surface area contributed by atoms with Crippen molar-refractivity contribution < 1.29 is 28.2 Å². The first-order valence-corrected chi connectivity index (χ1v) is 21.7. The highest BCUT2D eigenvalue weighted by Crippen LogP contribution is 2.77. The van der Waals surface area contributed by atoms with Crippen LogP contribution in [0.4, 0.5) is 11.4 Å². The number of hydrogen-bond donors (Lipinski definition) is 0. The van der Waals surface area contributed by atoms with Crippen LogP contribution in [-0.2, 0) is 32.2 Å². The third-order valence-electron chi connectivity index (χ3n) is 17.4. The molecule has 2 aromatic rings. The maximum absolute atomic E-state index is 13.4. The lowest BCUT2D eigenvalue weighted by Crippen LogP contribution is -2.67. The molecule has 0 saturated heterocycles. The molecule has 306 valence electrons.